The van der Waals surface area contributed by atoms with Crippen molar-refractivity contribution in [2.75, 3.05) is 0 Å². The van der Waals surface area contributed by atoms with Crippen LogP contribution >= 0.6 is 11.3 Å². The van der Waals surface area contributed by atoms with Gasteiger partial charge in [-0.15, -0.1) is 11.3 Å². The quantitative estimate of drug-likeness (QED) is 0.801. The lowest BCUT2D eigenvalue weighted by atomic mass is 10.3. The number of pyridine rings is 1. The Morgan fingerprint density at radius 3 is 2.71 bits per heavy atom. The van der Waals surface area contributed by atoms with E-state index in [4.69, 9.17) is 0 Å². The highest BCUT2D eigenvalue weighted by atomic mass is 32.2. The molecule has 112 valence electrons. The number of aromatic nitrogens is 2. The van der Waals surface area contributed by atoms with Gasteiger partial charge in [0.05, 0.1) is 17.7 Å². The standard InChI is InChI=1S/C13H16N4O2S2/c18-21(19,17-7-12-8-20-9-16-12)13-4-1-10(6-15-13)5-14-11-2-3-11/h1,4,6,8-9,11,14,17H,2-3,5,7H2. The van der Waals surface area contributed by atoms with E-state index < -0.39 is 10.0 Å². The SMILES string of the molecule is O=S(=O)(NCc1cscn1)c1ccc(CNC2CC2)cn1. The van der Waals surface area contributed by atoms with E-state index >= 15 is 0 Å². The summed E-state index contributed by atoms with van der Waals surface area (Å²) in [6, 6.07) is 3.95. The van der Waals surface area contributed by atoms with Crippen molar-refractivity contribution in [3.63, 3.8) is 0 Å². The summed E-state index contributed by atoms with van der Waals surface area (Å²) in [6.45, 7) is 0.906. The van der Waals surface area contributed by atoms with Crippen LogP contribution in [0, 0.1) is 0 Å². The zero-order valence-electron chi connectivity index (χ0n) is 11.3. The van der Waals surface area contributed by atoms with Gasteiger partial charge in [0, 0.05) is 24.2 Å². The van der Waals surface area contributed by atoms with Gasteiger partial charge in [0.15, 0.2) is 5.03 Å². The summed E-state index contributed by atoms with van der Waals surface area (Å²) in [5.74, 6) is 0. The maximum atomic E-state index is 12.1. The Hall–Kier alpha value is -1.35. The van der Waals surface area contributed by atoms with Gasteiger partial charge in [-0.25, -0.2) is 23.1 Å². The first-order chi connectivity index (χ1) is 10.1. The fourth-order valence-electron chi connectivity index (χ4n) is 1.79. The van der Waals surface area contributed by atoms with Gasteiger partial charge >= 0.3 is 0 Å². The average molecular weight is 324 g/mol. The summed E-state index contributed by atoms with van der Waals surface area (Å²) in [5, 5.41) is 5.21. The lowest BCUT2D eigenvalue weighted by molar-refractivity contribution is 0.576. The fraction of sp³-hybridized carbons (Fsp3) is 0.385. The zero-order chi connectivity index (χ0) is 14.7. The molecule has 0 atom stereocenters. The Morgan fingerprint density at radius 2 is 2.10 bits per heavy atom. The molecule has 6 nitrogen and oxygen atoms in total. The second-order valence-corrected chi connectivity index (χ2v) is 7.40. The summed E-state index contributed by atoms with van der Waals surface area (Å²) < 4.78 is 26.7. The van der Waals surface area contributed by atoms with Crippen LogP contribution in [0.4, 0.5) is 0 Å². The monoisotopic (exact) mass is 324 g/mol. The van der Waals surface area contributed by atoms with Crippen LogP contribution in [0.2, 0.25) is 0 Å². The maximum absolute atomic E-state index is 12.1. The highest BCUT2D eigenvalue weighted by Gasteiger charge is 2.20. The number of nitrogens with zero attached hydrogens (tertiary/aromatic N) is 2. The lowest BCUT2D eigenvalue weighted by Gasteiger charge is -2.06. The summed E-state index contributed by atoms with van der Waals surface area (Å²) in [5.41, 5.74) is 3.36. The molecule has 1 aliphatic rings. The second-order valence-electron chi connectivity index (χ2n) is 4.96. The Balaban J connectivity index is 1.61. The largest absolute Gasteiger partial charge is 0.310 e. The highest BCUT2D eigenvalue weighted by molar-refractivity contribution is 7.89. The molecule has 0 amide bonds. The molecule has 0 saturated heterocycles. The van der Waals surface area contributed by atoms with Gasteiger partial charge in [0.25, 0.3) is 10.0 Å². The van der Waals surface area contributed by atoms with Crippen molar-refractivity contribution < 1.29 is 8.42 Å². The van der Waals surface area contributed by atoms with Crippen LogP contribution in [0.15, 0.2) is 34.2 Å². The molecule has 0 aliphatic heterocycles. The molecule has 0 spiro atoms. The number of sulfonamides is 1. The molecule has 0 radical (unpaired) electrons. The molecule has 3 rings (SSSR count). The van der Waals surface area contributed by atoms with Gasteiger partial charge in [0.1, 0.15) is 0 Å². The van der Waals surface area contributed by atoms with Gasteiger partial charge in [-0.3, -0.25) is 0 Å². The normalized spacial score (nSPS) is 15.2. The summed E-state index contributed by atoms with van der Waals surface area (Å²) in [7, 11) is -3.59. The molecule has 2 aromatic rings. The molecule has 1 aliphatic carbocycles. The first-order valence-corrected chi connectivity index (χ1v) is 9.11. The number of hydrogen-bond donors (Lipinski definition) is 2. The minimum atomic E-state index is -3.59. The van der Waals surface area contributed by atoms with Crippen molar-refractivity contribution in [3.05, 3.63) is 40.5 Å². The lowest BCUT2D eigenvalue weighted by Crippen LogP contribution is -2.24. The van der Waals surface area contributed by atoms with Gasteiger partial charge in [-0.1, -0.05) is 6.07 Å². The zero-order valence-corrected chi connectivity index (χ0v) is 13.0. The topological polar surface area (TPSA) is 84.0 Å². The first-order valence-electron chi connectivity index (χ1n) is 6.68. The molecule has 1 fully saturated rings. The van der Waals surface area contributed by atoms with Crippen LogP contribution in [0.25, 0.3) is 0 Å². The third-order valence-corrected chi connectivity index (χ3v) is 5.12. The third kappa shape index (κ3) is 4.07. The molecule has 0 bridgehead atoms. The number of hydrogen-bond acceptors (Lipinski definition) is 6. The Morgan fingerprint density at radius 1 is 1.24 bits per heavy atom. The van der Waals surface area contributed by atoms with Crippen molar-refractivity contribution in [1.29, 1.82) is 0 Å². The van der Waals surface area contributed by atoms with E-state index in [1.807, 2.05) is 5.38 Å². The molecule has 0 aromatic carbocycles. The fourth-order valence-corrected chi connectivity index (χ4v) is 3.27. The van der Waals surface area contributed by atoms with Crippen LogP contribution in [-0.4, -0.2) is 24.4 Å². The van der Waals surface area contributed by atoms with Gasteiger partial charge in [0.2, 0.25) is 0 Å². The average Bonchev–Trinajstić information content (AvgIpc) is 3.17. The second kappa shape index (κ2) is 6.18. The minimum Gasteiger partial charge on any atom is -0.310 e. The molecule has 2 heterocycles. The van der Waals surface area contributed by atoms with Crippen LogP contribution in [0.1, 0.15) is 24.1 Å². The third-order valence-electron chi connectivity index (χ3n) is 3.17. The Labute approximate surface area is 127 Å². The van der Waals surface area contributed by atoms with Crippen molar-refractivity contribution >= 4 is 21.4 Å². The van der Waals surface area contributed by atoms with Gasteiger partial charge in [-0.05, 0) is 24.5 Å². The summed E-state index contributed by atoms with van der Waals surface area (Å²) >= 11 is 1.43. The molecule has 1 saturated carbocycles. The van der Waals surface area contributed by atoms with Crippen molar-refractivity contribution in [1.82, 2.24) is 20.0 Å². The minimum absolute atomic E-state index is 0.0351. The number of thiazole rings is 1. The molecule has 2 N–H and O–H groups in total. The molecule has 8 heteroatoms. The maximum Gasteiger partial charge on any atom is 0.258 e. The summed E-state index contributed by atoms with van der Waals surface area (Å²) in [6.07, 6.45) is 4.05. The molecule has 0 unspecified atom stereocenters. The van der Waals surface area contributed by atoms with Crippen LogP contribution < -0.4 is 10.0 Å². The predicted octanol–water partition coefficient (Wildman–Crippen LogP) is 1.27. The Kier molecular flexibility index (Phi) is 4.29. The van der Waals surface area contributed by atoms with E-state index in [0.29, 0.717) is 11.7 Å². The predicted molar refractivity (Wildman–Crippen MR) is 80.2 cm³/mol. The molecular weight excluding hydrogens is 308 g/mol. The molecular formula is C13H16N4O2S2. The molecule has 2 aromatic heterocycles. The highest BCUT2D eigenvalue weighted by Crippen LogP contribution is 2.19. The van der Waals surface area contributed by atoms with E-state index in [0.717, 1.165) is 12.1 Å². The first kappa shape index (κ1) is 14.6. The van der Waals surface area contributed by atoms with E-state index in [1.165, 1.54) is 30.2 Å². The van der Waals surface area contributed by atoms with E-state index in [-0.39, 0.29) is 11.6 Å². The van der Waals surface area contributed by atoms with E-state index in [9.17, 15) is 8.42 Å². The van der Waals surface area contributed by atoms with Crippen LogP contribution in [0.5, 0.6) is 0 Å². The van der Waals surface area contributed by atoms with Crippen LogP contribution in [0.3, 0.4) is 0 Å². The number of nitrogens with one attached hydrogen (secondary N) is 2. The number of rotatable bonds is 7. The van der Waals surface area contributed by atoms with Crippen molar-refractivity contribution in [3.8, 4) is 0 Å². The van der Waals surface area contributed by atoms with Crippen molar-refractivity contribution in [2.45, 2.75) is 37.0 Å². The van der Waals surface area contributed by atoms with Crippen LogP contribution in [-0.2, 0) is 23.1 Å². The van der Waals surface area contributed by atoms with Gasteiger partial charge in [-0.2, -0.15) is 0 Å². The van der Waals surface area contributed by atoms with Crippen molar-refractivity contribution in [2.24, 2.45) is 0 Å². The van der Waals surface area contributed by atoms with Gasteiger partial charge < -0.3 is 5.32 Å². The summed E-state index contributed by atoms with van der Waals surface area (Å²) in [4.78, 5) is 8.08. The van der Waals surface area contributed by atoms with E-state index in [1.54, 1.807) is 17.8 Å². The van der Waals surface area contributed by atoms with E-state index in [2.05, 4.69) is 20.0 Å². The smallest absolute Gasteiger partial charge is 0.258 e. The molecule has 21 heavy (non-hydrogen) atoms. The Bertz CT molecular complexity index is 679.